The van der Waals surface area contributed by atoms with Gasteiger partial charge in [0.15, 0.2) is 5.82 Å². The quantitative estimate of drug-likeness (QED) is 0.644. The number of aromatic nitrogens is 3. The zero-order valence-electron chi connectivity index (χ0n) is 14.8. The second-order valence-corrected chi connectivity index (χ2v) is 5.55. The molecule has 0 unspecified atom stereocenters. The summed E-state index contributed by atoms with van der Waals surface area (Å²) in [6.07, 6.45) is 2.45. The third-order valence-electron chi connectivity index (χ3n) is 3.74. The van der Waals surface area contributed by atoms with Gasteiger partial charge in [0.25, 0.3) is 0 Å². The van der Waals surface area contributed by atoms with Gasteiger partial charge in [-0.05, 0) is 36.2 Å². The van der Waals surface area contributed by atoms with Crippen LogP contribution in [0.3, 0.4) is 0 Å². The van der Waals surface area contributed by atoms with Crippen molar-refractivity contribution in [2.45, 2.75) is 6.42 Å². The van der Waals surface area contributed by atoms with Crippen molar-refractivity contribution in [3.05, 3.63) is 60.3 Å². The van der Waals surface area contributed by atoms with Gasteiger partial charge in [-0.2, -0.15) is 10.1 Å². The first-order valence-corrected chi connectivity index (χ1v) is 8.24. The van der Waals surface area contributed by atoms with E-state index in [4.69, 9.17) is 9.47 Å². The van der Waals surface area contributed by atoms with Crippen LogP contribution in [0.1, 0.15) is 5.56 Å². The maximum Gasteiger partial charge on any atom is 0.249 e. The summed E-state index contributed by atoms with van der Waals surface area (Å²) in [5.74, 6) is 2.70. The van der Waals surface area contributed by atoms with E-state index in [1.807, 2.05) is 42.5 Å². The van der Waals surface area contributed by atoms with E-state index < -0.39 is 0 Å². The number of benzene rings is 2. The van der Waals surface area contributed by atoms with Gasteiger partial charge >= 0.3 is 0 Å². The summed E-state index contributed by atoms with van der Waals surface area (Å²) in [7, 11) is 3.30. The summed E-state index contributed by atoms with van der Waals surface area (Å²) in [5, 5.41) is 14.4. The Bertz CT molecular complexity index is 857. The molecule has 2 aromatic carbocycles. The molecule has 26 heavy (non-hydrogen) atoms. The Hall–Kier alpha value is -3.35. The first-order chi connectivity index (χ1) is 12.8. The Morgan fingerprint density at radius 3 is 2.54 bits per heavy atom. The van der Waals surface area contributed by atoms with Crippen molar-refractivity contribution in [1.82, 2.24) is 15.2 Å². The predicted octanol–water partition coefficient (Wildman–Crippen LogP) is 3.29. The lowest BCUT2D eigenvalue weighted by Crippen LogP contribution is -2.08. The summed E-state index contributed by atoms with van der Waals surface area (Å²) in [4.78, 5) is 4.43. The van der Waals surface area contributed by atoms with Crippen molar-refractivity contribution in [3.8, 4) is 11.5 Å². The minimum absolute atomic E-state index is 0.421. The zero-order chi connectivity index (χ0) is 18.2. The molecule has 0 saturated heterocycles. The standard InChI is InChI=1S/C19H21N5O2/c1-25-16-7-3-5-14(11-16)9-10-20-18-13-21-24-19(23-18)22-15-6-4-8-17(12-15)26-2/h3-8,11-13H,9-10H2,1-2H3,(H2,20,22,23,24). The van der Waals surface area contributed by atoms with Gasteiger partial charge in [-0.25, -0.2) is 0 Å². The van der Waals surface area contributed by atoms with E-state index in [9.17, 15) is 0 Å². The molecule has 7 heteroatoms. The zero-order valence-corrected chi connectivity index (χ0v) is 14.8. The highest BCUT2D eigenvalue weighted by atomic mass is 16.5. The van der Waals surface area contributed by atoms with Crippen LogP contribution in [-0.2, 0) is 6.42 Å². The van der Waals surface area contributed by atoms with Crippen LogP contribution < -0.4 is 20.1 Å². The lowest BCUT2D eigenvalue weighted by atomic mass is 10.1. The molecule has 0 radical (unpaired) electrons. The molecule has 3 aromatic rings. The second kappa shape index (κ2) is 8.66. The summed E-state index contributed by atoms with van der Waals surface area (Å²) in [5.41, 5.74) is 2.02. The van der Waals surface area contributed by atoms with Crippen molar-refractivity contribution in [1.29, 1.82) is 0 Å². The van der Waals surface area contributed by atoms with Crippen LogP contribution in [0.5, 0.6) is 11.5 Å². The van der Waals surface area contributed by atoms with Crippen LogP contribution >= 0.6 is 0 Å². The molecule has 3 rings (SSSR count). The van der Waals surface area contributed by atoms with Crippen LogP contribution in [0.4, 0.5) is 17.5 Å². The molecule has 0 aliphatic carbocycles. The second-order valence-electron chi connectivity index (χ2n) is 5.55. The molecule has 1 aromatic heterocycles. The highest BCUT2D eigenvalue weighted by Gasteiger charge is 2.03. The third kappa shape index (κ3) is 4.83. The molecule has 0 fully saturated rings. The molecular weight excluding hydrogens is 330 g/mol. The topological polar surface area (TPSA) is 81.2 Å². The number of ether oxygens (including phenoxy) is 2. The Labute approximate surface area is 152 Å². The fourth-order valence-electron chi connectivity index (χ4n) is 2.43. The lowest BCUT2D eigenvalue weighted by Gasteiger charge is -2.09. The van der Waals surface area contributed by atoms with E-state index in [2.05, 4.69) is 31.9 Å². The molecular formula is C19H21N5O2. The van der Waals surface area contributed by atoms with Gasteiger partial charge in [0.05, 0.1) is 20.4 Å². The molecule has 0 saturated carbocycles. The highest BCUT2D eigenvalue weighted by molar-refractivity contribution is 5.56. The molecule has 134 valence electrons. The molecule has 7 nitrogen and oxygen atoms in total. The van der Waals surface area contributed by atoms with Gasteiger partial charge < -0.3 is 20.1 Å². The van der Waals surface area contributed by atoms with E-state index in [1.165, 1.54) is 5.56 Å². The summed E-state index contributed by atoms with van der Waals surface area (Å²) < 4.78 is 10.5. The summed E-state index contributed by atoms with van der Waals surface area (Å²) in [6.45, 7) is 0.727. The van der Waals surface area contributed by atoms with Gasteiger partial charge in [0, 0.05) is 18.3 Å². The van der Waals surface area contributed by atoms with Gasteiger partial charge in [0.1, 0.15) is 11.5 Å². The monoisotopic (exact) mass is 351 g/mol. The van der Waals surface area contributed by atoms with Crippen molar-refractivity contribution >= 4 is 17.5 Å². The number of nitrogens with zero attached hydrogens (tertiary/aromatic N) is 3. The average molecular weight is 351 g/mol. The Morgan fingerprint density at radius 1 is 0.962 bits per heavy atom. The van der Waals surface area contributed by atoms with E-state index in [0.717, 1.165) is 30.2 Å². The fourth-order valence-corrected chi connectivity index (χ4v) is 2.43. The third-order valence-corrected chi connectivity index (χ3v) is 3.74. The predicted molar refractivity (Wildman–Crippen MR) is 101 cm³/mol. The molecule has 0 amide bonds. The Balaban J connectivity index is 1.58. The highest BCUT2D eigenvalue weighted by Crippen LogP contribution is 2.19. The van der Waals surface area contributed by atoms with Crippen molar-refractivity contribution in [2.24, 2.45) is 0 Å². The lowest BCUT2D eigenvalue weighted by molar-refractivity contribution is 0.414. The van der Waals surface area contributed by atoms with E-state index >= 15 is 0 Å². The molecule has 2 N–H and O–H groups in total. The van der Waals surface area contributed by atoms with Crippen molar-refractivity contribution in [3.63, 3.8) is 0 Å². The van der Waals surface area contributed by atoms with Crippen molar-refractivity contribution < 1.29 is 9.47 Å². The van der Waals surface area contributed by atoms with Crippen LogP contribution in [-0.4, -0.2) is 35.9 Å². The maximum atomic E-state index is 5.24. The van der Waals surface area contributed by atoms with E-state index in [0.29, 0.717) is 11.8 Å². The average Bonchev–Trinajstić information content (AvgIpc) is 2.68. The number of nitrogens with one attached hydrogen (secondary N) is 2. The smallest absolute Gasteiger partial charge is 0.249 e. The van der Waals surface area contributed by atoms with Gasteiger partial charge in [0.2, 0.25) is 5.95 Å². The van der Waals surface area contributed by atoms with Crippen LogP contribution in [0.25, 0.3) is 0 Å². The molecule has 0 atom stereocenters. The molecule has 0 bridgehead atoms. The van der Waals surface area contributed by atoms with E-state index in [1.54, 1.807) is 20.4 Å². The normalized spacial score (nSPS) is 10.2. The van der Waals surface area contributed by atoms with Crippen molar-refractivity contribution in [2.75, 3.05) is 31.4 Å². The number of methoxy groups -OCH3 is 2. The molecule has 1 heterocycles. The van der Waals surface area contributed by atoms with E-state index in [-0.39, 0.29) is 0 Å². The Kier molecular flexibility index (Phi) is 5.82. The van der Waals surface area contributed by atoms with Crippen LogP contribution in [0.2, 0.25) is 0 Å². The number of hydrogen-bond acceptors (Lipinski definition) is 7. The first kappa shape index (κ1) is 17.5. The van der Waals surface area contributed by atoms with Gasteiger partial charge in [-0.15, -0.1) is 5.10 Å². The maximum absolute atomic E-state index is 5.24. The first-order valence-electron chi connectivity index (χ1n) is 8.24. The molecule has 0 aliphatic heterocycles. The van der Waals surface area contributed by atoms with Crippen LogP contribution in [0.15, 0.2) is 54.7 Å². The number of rotatable bonds is 8. The molecule has 0 spiro atoms. The number of anilines is 3. The number of hydrogen-bond donors (Lipinski definition) is 2. The summed E-state index contributed by atoms with van der Waals surface area (Å²) in [6, 6.07) is 15.6. The Morgan fingerprint density at radius 2 is 1.73 bits per heavy atom. The van der Waals surface area contributed by atoms with Gasteiger partial charge in [-0.3, -0.25) is 0 Å². The minimum atomic E-state index is 0.421. The summed E-state index contributed by atoms with van der Waals surface area (Å²) >= 11 is 0. The SMILES string of the molecule is COc1cccc(CCNc2cnnc(Nc3cccc(OC)c3)n2)c1. The largest absolute Gasteiger partial charge is 0.497 e. The van der Waals surface area contributed by atoms with Gasteiger partial charge in [-0.1, -0.05) is 18.2 Å². The minimum Gasteiger partial charge on any atom is -0.497 e. The fraction of sp³-hybridized carbons (Fsp3) is 0.211. The van der Waals surface area contributed by atoms with Crippen LogP contribution in [0, 0.1) is 0 Å². The molecule has 0 aliphatic rings.